The SMILES string of the molecule is O=C([O-])c1ccc(S(=O)(=O)N=Nc2cccc([N+](=O)[O-])c2)cc1. The van der Waals surface area contributed by atoms with E-state index in [4.69, 9.17) is 0 Å². The molecule has 118 valence electrons. The summed E-state index contributed by atoms with van der Waals surface area (Å²) >= 11 is 0. The van der Waals surface area contributed by atoms with Gasteiger partial charge in [0.05, 0.1) is 21.5 Å². The molecule has 0 atom stereocenters. The number of nitrogens with zero attached hydrogens (tertiary/aromatic N) is 3. The fourth-order valence-corrected chi connectivity index (χ4v) is 2.36. The molecule has 2 aromatic carbocycles. The zero-order valence-corrected chi connectivity index (χ0v) is 12.1. The zero-order valence-electron chi connectivity index (χ0n) is 11.3. The van der Waals surface area contributed by atoms with Crippen LogP contribution >= 0.6 is 0 Å². The van der Waals surface area contributed by atoms with E-state index in [0.717, 1.165) is 30.3 Å². The molecule has 2 aromatic rings. The average molecular weight is 334 g/mol. The summed E-state index contributed by atoms with van der Waals surface area (Å²) in [6.45, 7) is 0. The summed E-state index contributed by atoms with van der Waals surface area (Å²) in [5, 5.41) is 24.7. The number of hydrogen-bond donors (Lipinski definition) is 0. The van der Waals surface area contributed by atoms with Gasteiger partial charge in [-0.1, -0.05) is 22.7 Å². The molecule has 0 fully saturated rings. The molecule has 0 saturated carbocycles. The molecule has 2 rings (SSSR count). The zero-order chi connectivity index (χ0) is 17.0. The van der Waals surface area contributed by atoms with Gasteiger partial charge in [0, 0.05) is 12.1 Å². The van der Waals surface area contributed by atoms with Crippen molar-refractivity contribution < 1.29 is 23.2 Å². The minimum Gasteiger partial charge on any atom is -0.545 e. The van der Waals surface area contributed by atoms with Gasteiger partial charge in [0.2, 0.25) is 0 Å². The molecule has 0 unspecified atom stereocenters. The molecule has 0 saturated heterocycles. The Balaban J connectivity index is 2.28. The third-order valence-corrected chi connectivity index (χ3v) is 3.86. The van der Waals surface area contributed by atoms with Crippen LogP contribution in [0, 0.1) is 10.1 Å². The first-order chi connectivity index (χ1) is 10.8. The van der Waals surface area contributed by atoms with Crippen LogP contribution in [0.4, 0.5) is 11.4 Å². The molecule has 23 heavy (non-hydrogen) atoms. The molecule has 0 heterocycles. The number of nitro benzene ring substituents is 1. The second-order valence-electron chi connectivity index (χ2n) is 4.25. The number of hydrogen-bond acceptors (Lipinski definition) is 7. The number of rotatable bonds is 5. The predicted octanol–water partition coefficient (Wildman–Crippen LogP) is 1.43. The molecular formula is C13H8N3O6S-. The Kier molecular flexibility index (Phi) is 4.46. The summed E-state index contributed by atoms with van der Waals surface area (Å²) in [5.74, 6) is -1.44. The van der Waals surface area contributed by atoms with E-state index in [0.29, 0.717) is 0 Å². The van der Waals surface area contributed by atoms with Crippen molar-refractivity contribution in [3.05, 3.63) is 64.2 Å². The van der Waals surface area contributed by atoms with Crippen LogP contribution in [0.25, 0.3) is 0 Å². The quantitative estimate of drug-likeness (QED) is 0.460. The summed E-state index contributed by atoms with van der Waals surface area (Å²) in [4.78, 5) is 20.3. The third-order valence-electron chi connectivity index (χ3n) is 2.69. The van der Waals surface area contributed by atoms with Crippen LogP contribution in [-0.4, -0.2) is 19.3 Å². The number of nitro groups is 1. The predicted molar refractivity (Wildman–Crippen MR) is 75.6 cm³/mol. The summed E-state index contributed by atoms with van der Waals surface area (Å²) in [6, 6.07) is 9.21. The first-order valence-electron chi connectivity index (χ1n) is 6.03. The molecule has 10 heteroatoms. The summed E-state index contributed by atoms with van der Waals surface area (Å²) in [6.07, 6.45) is 0. The second kappa shape index (κ2) is 6.32. The lowest BCUT2D eigenvalue weighted by molar-refractivity contribution is -0.384. The van der Waals surface area contributed by atoms with E-state index in [1.54, 1.807) is 0 Å². The second-order valence-corrected chi connectivity index (χ2v) is 5.83. The van der Waals surface area contributed by atoms with Gasteiger partial charge in [-0.25, -0.2) is 0 Å². The van der Waals surface area contributed by atoms with Crippen molar-refractivity contribution in [2.75, 3.05) is 0 Å². The maximum atomic E-state index is 11.9. The molecule has 0 N–H and O–H groups in total. The third kappa shape index (κ3) is 3.95. The summed E-state index contributed by atoms with van der Waals surface area (Å²) < 4.78 is 27.1. The Hall–Kier alpha value is -3.14. The highest BCUT2D eigenvalue weighted by atomic mass is 32.2. The van der Waals surface area contributed by atoms with Gasteiger partial charge in [0.25, 0.3) is 15.7 Å². The monoisotopic (exact) mass is 334 g/mol. The smallest absolute Gasteiger partial charge is 0.299 e. The van der Waals surface area contributed by atoms with E-state index in [9.17, 15) is 28.4 Å². The highest BCUT2D eigenvalue weighted by Gasteiger charge is 2.13. The van der Waals surface area contributed by atoms with Crippen LogP contribution in [-0.2, 0) is 10.0 Å². The Labute approximate surface area is 130 Å². The number of carbonyl (C=O) groups excluding carboxylic acids is 1. The minimum atomic E-state index is -4.16. The van der Waals surface area contributed by atoms with Crippen molar-refractivity contribution in [3.63, 3.8) is 0 Å². The molecular weight excluding hydrogens is 326 g/mol. The van der Waals surface area contributed by atoms with Gasteiger partial charge in [-0.15, -0.1) is 5.11 Å². The standard InChI is InChI=1S/C13H9N3O6S/c17-13(18)9-4-6-12(7-5-9)23(21,22)15-14-10-2-1-3-11(8-10)16(19)20/h1-8H,(H,17,18)/p-1. The van der Waals surface area contributed by atoms with Gasteiger partial charge in [-0.05, 0) is 23.8 Å². The molecule has 0 amide bonds. The number of benzene rings is 2. The summed E-state index contributed by atoms with van der Waals surface area (Å²) in [5.41, 5.74) is -0.439. The molecule has 0 bridgehead atoms. The topological polar surface area (TPSA) is 142 Å². The Bertz CT molecular complexity index is 890. The molecule has 0 aromatic heterocycles. The van der Waals surface area contributed by atoms with Gasteiger partial charge in [-0.3, -0.25) is 10.1 Å². The Morgan fingerprint density at radius 1 is 1.09 bits per heavy atom. The number of non-ortho nitro benzene ring substituents is 1. The lowest BCUT2D eigenvalue weighted by Crippen LogP contribution is -2.22. The number of carboxylic acid groups (broad SMARTS) is 1. The summed E-state index contributed by atoms with van der Waals surface area (Å²) in [7, 11) is -4.16. The number of sulfonamides is 1. The fraction of sp³-hybridized carbons (Fsp3) is 0. The Morgan fingerprint density at radius 2 is 1.74 bits per heavy atom. The van der Waals surface area contributed by atoms with E-state index in [2.05, 4.69) is 9.63 Å². The number of carboxylic acids is 1. The largest absolute Gasteiger partial charge is 0.545 e. The Morgan fingerprint density at radius 3 is 2.30 bits per heavy atom. The lowest BCUT2D eigenvalue weighted by Gasteiger charge is -2.02. The minimum absolute atomic E-state index is 0.00543. The van der Waals surface area contributed by atoms with E-state index in [1.165, 1.54) is 18.2 Å². The molecule has 0 aliphatic heterocycles. The van der Waals surface area contributed by atoms with Crippen molar-refractivity contribution in [3.8, 4) is 0 Å². The molecule has 0 spiro atoms. The molecule has 0 radical (unpaired) electrons. The van der Waals surface area contributed by atoms with Crippen LogP contribution in [0.5, 0.6) is 0 Å². The van der Waals surface area contributed by atoms with Gasteiger partial charge in [0.15, 0.2) is 0 Å². The van der Waals surface area contributed by atoms with Gasteiger partial charge in [0.1, 0.15) is 0 Å². The highest BCUT2D eigenvalue weighted by molar-refractivity contribution is 7.90. The number of aromatic carboxylic acids is 1. The molecule has 9 nitrogen and oxygen atoms in total. The van der Waals surface area contributed by atoms with Crippen LogP contribution in [0.2, 0.25) is 0 Å². The van der Waals surface area contributed by atoms with Crippen LogP contribution < -0.4 is 5.11 Å². The van der Waals surface area contributed by atoms with Crippen molar-refractivity contribution in [2.45, 2.75) is 4.90 Å². The highest BCUT2D eigenvalue weighted by Crippen LogP contribution is 2.22. The normalized spacial score (nSPS) is 11.5. The maximum Gasteiger partial charge on any atom is 0.299 e. The van der Waals surface area contributed by atoms with Crippen LogP contribution in [0.1, 0.15) is 10.4 Å². The van der Waals surface area contributed by atoms with Gasteiger partial charge in [-0.2, -0.15) is 8.42 Å². The van der Waals surface area contributed by atoms with Crippen molar-refractivity contribution >= 4 is 27.4 Å². The lowest BCUT2D eigenvalue weighted by atomic mass is 10.2. The van der Waals surface area contributed by atoms with Crippen LogP contribution in [0.3, 0.4) is 0 Å². The maximum absolute atomic E-state index is 11.9. The first kappa shape index (κ1) is 16.2. The van der Waals surface area contributed by atoms with Crippen LogP contribution in [0.15, 0.2) is 63.1 Å². The van der Waals surface area contributed by atoms with E-state index in [1.807, 2.05) is 0 Å². The van der Waals surface area contributed by atoms with Crippen molar-refractivity contribution in [2.24, 2.45) is 9.63 Å². The van der Waals surface area contributed by atoms with E-state index in [-0.39, 0.29) is 21.8 Å². The first-order valence-corrected chi connectivity index (χ1v) is 7.47. The average Bonchev–Trinajstić information content (AvgIpc) is 2.53. The van der Waals surface area contributed by atoms with Gasteiger partial charge >= 0.3 is 0 Å². The van der Waals surface area contributed by atoms with E-state index >= 15 is 0 Å². The fourth-order valence-electron chi connectivity index (χ4n) is 1.58. The molecule has 0 aliphatic rings. The molecule has 0 aliphatic carbocycles. The van der Waals surface area contributed by atoms with Crippen molar-refractivity contribution in [1.82, 2.24) is 0 Å². The van der Waals surface area contributed by atoms with Gasteiger partial charge < -0.3 is 9.90 Å². The number of carbonyl (C=O) groups is 1. The van der Waals surface area contributed by atoms with Crippen molar-refractivity contribution in [1.29, 1.82) is 0 Å². The van der Waals surface area contributed by atoms with E-state index < -0.39 is 20.9 Å².